The first kappa shape index (κ1) is 9.01. The Morgan fingerprint density at radius 2 is 2.18 bits per heavy atom. The summed E-state index contributed by atoms with van der Waals surface area (Å²) in [5, 5.41) is 12.6. The van der Waals surface area contributed by atoms with Crippen LogP contribution in [0, 0.1) is 5.92 Å². The van der Waals surface area contributed by atoms with Crippen LogP contribution in [0.1, 0.15) is 33.1 Å². The predicted molar refractivity (Wildman–Crippen MR) is 46.5 cm³/mol. The average molecular weight is 157 g/mol. The molecule has 0 aromatic rings. The van der Waals surface area contributed by atoms with Gasteiger partial charge in [0.2, 0.25) is 0 Å². The van der Waals surface area contributed by atoms with E-state index in [9.17, 15) is 5.11 Å². The minimum absolute atomic E-state index is 0.156. The number of aliphatic hydroxyl groups excluding tert-OH is 1. The van der Waals surface area contributed by atoms with Gasteiger partial charge in [-0.25, -0.2) is 0 Å². The lowest BCUT2D eigenvalue weighted by atomic mass is 10.2. The van der Waals surface area contributed by atoms with Gasteiger partial charge in [0.25, 0.3) is 0 Å². The van der Waals surface area contributed by atoms with Crippen LogP contribution in [0.15, 0.2) is 0 Å². The summed E-state index contributed by atoms with van der Waals surface area (Å²) in [6.07, 6.45) is 3.44. The third-order valence-corrected chi connectivity index (χ3v) is 2.48. The summed E-state index contributed by atoms with van der Waals surface area (Å²) in [5.41, 5.74) is 0. The second-order valence-corrected chi connectivity index (χ2v) is 3.60. The number of hydrogen-bond donors (Lipinski definition) is 2. The summed E-state index contributed by atoms with van der Waals surface area (Å²) in [4.78, 5) is 0. The van der Waals surface area contributed by atoms with E-state index >= 15 is 0 Å². The fourth-order valence-corrected chi connectivity index (χ4v) is 1.23. The molecule has 0 aliphatic heterocycles. The van der Waals surface area contributed by atoms with E-state index < -0.39 is 0 Å². The number of hydrogen-bond acceptors (Lipinski definition) is 2. The van der Waals surface area contributed by atoms with Crippen LogP contribution in [0.3, 0.4) is 0 Å². The third kappa shape index (κ3) is 3.21. The van der Waals surface area contributed by atoms with Crippen molar-refractivity contribution in [3.8, 4) is 0 Å². The van der Waals surface area contributed by atoms with Crippen molar-refractivity contribution in [1.82, 2.24) is 5.32 Å². The van der Waals surface area contributed by atoms with Gasteiger partial charge in [0.15, 0.2) is 0 Å². The van der Waals surface area contributed by atoms with E-state index in [1.807, 2.05) is 6.92 Å². The largest absolute Gasteiger partial charge is 0.392 e. The monoisotopic (exact) mass is 157 g/mol. The molecule has 1 fully saturated rings. The van der Waals surface area contributed by atoms with Crippen molar-refractivity contribution in [1.29, 1.82) is 0 Å². The molecule has 2 heteroatoms. The van der Waals surface area contributed by atoms with E-state index in [2.05, 4.69) is 12.2 Å². The topological polar surface area (TPSA) is 32.3 Å². The fourth-order valence-electron chi connectivity index (χ4n) is 1.23. The molecule has 0 heterocycles. The first-order valence-corrected chi connectivity index (χ1v) is 4.65. The molecule has 1 rings (SSSR count). The van der Waals surface area contributed by atoms with Gasteiger partial charge in [0, 0.05) is 12.6 Å². The van der Waals surface area contributed by atoms with Crippen molar-refractivity contribution in [3.63, 3.8) is 0 Å². The van der Waals surface area contributed by atoms with Gasteiger partial charge in [-0.15, -0.1) is 0 Å². The minimum atomic E-state index is -0.156. The van der Waals surface area contributed by atoms with Crippen LogP contribution in [0.5, 0.6) is 0 Å². The van der Waals surface area contributed by atoms with E-state index in [1.54, 1.807) is 0 Å². The molecule has 1 aliphatic rings. The Labute approximate surface area is 69.0 Å². The molecule has 1 saturated carbocycles. The van der Waals surface area contributed by atoms with E-state index in [-0.39, 0.29) is 6.10 Å². The van der Waals surface area contributed by atoms with Crippen LogP contribution in [-0.4, -0.2) is 23.8 Å². The second-order valence-electron chi connectivity index (χ2n) is 3.60. The van der Waals surface area contributed by atoms with Crippen LogP contribution in [0.4, 0.5) is 0 Å². The molecule has 0 aromatic carbocycles. The molecule has 0 amide bonds. The SMILES string of the molecule is CCC(O)CNC(C)C1CC1. The molecule has 2 unspecified atom stereocenters. The molecule has 2 atom stereocenters. The summed E-state index contributed by atoms with van der Waals surface area (Å²) in [7, 11) is 0. The molecule has 0 radical (unpaired) electrons. The standard InChI is InChI=1S/C9H19NO/c1-3-9(11)6-10-7(2)8-4-5-8/h7-11H,3-6H2,1-2H3. The molecular formula is C9H19NO. The lowest BCUT2D eigenvalue weighted by molar-refractivity contribution is 0.162. The number of nitrogens with one attached hydrogen (secondary N) is 1. The molecule has 66 valence electrons. The van der Waals surface area contributed by atoms with Gasteiger partial charge < -0.3 is 10.4 Å². The Morgan fingerprint density at radius 1 is 1.55 bits per heavy atom. The maximum absolute atomic E-state index is 9.25. The van der Waals surface area contributed by atoms with Gasteiger partial charge in [-0.1, -0.05) is 6.92 Å². The summed E-state index contributed by atoms with van der Waals surface area (Å²) in [5.74, 6) is 0.888. The van der Waals surface area contributed by atoms with Crippen molar-refractivity contribution in [2.24, 2.45) is 5.92 Å². The Bertz CT molecular complexity index is 112. The zero-order valence-corrected chi connectivity index (χ0v) is 7.51. The van der Waals surface area contributed by atoms with Gasteiger partial charge in [0.05, 0.1) is 6.10 Å². The van der Waals surface area contributed by atoms with Gasteiger partial charge >= 0.3 is 0 Å². The first-order valence-electron chi connectivity index (χ1n) is 4.65. The lowest BCUT2D eigenvalue weighted by Gasteiger charge is -2.15. The summed E-state index contributed by atoms with van der Waals surface area (Å²) in [6, 6.07) is 0.608. The molecule has 11 heavy (non-hydrogen) atoms. The fraction of sp³-hybridized carbons (Fsp3) is 1.00. The lowest BCUT2D eigenvalue weighted by Crippen LogP contribution is -2.34. The highest BCUT2D eigenvalue weighted by Crippen LogP contribution is 2.32. The Balaban J connectivity index is 2.00. The summed E-state index contributed by atoms with van der Waals surface area (Å²) in [6.45, 7) is 4.97. The van der Waals surface area contributed by atoms with Gasteiger partial charge in [0.1, 0.15) is 0 Å². The molecule has 2 nitrogen and oxygen atoms in total. The molecular weight excluding hydrogens is 138 g/mol. The van der Waals surface area contributed by atoms with Crippen molar-refractivity contribution in [2.45, 2.75) is 45.3 Å². The maximum Gasteiger partial charge on any atom is 0.0662 e. The highest BCUT2D eigenvalue weighted by Gasteiger charge is 2.27. The van der Waals surface area contributed by atoms with E-state index in [1.165, 1.54) is 12.8 Å². The van der Waals surface area contributed by atoms with Crippen molar-refractivity contribution in [3.05, 3.63) is 0 Å². The quantitative estimate of drug-likeness (QED) is 0.627. The van der Waals surface area contributed by atoms with Crippen molar-refractivity contribution in [2.75, 3.05) is 6.54 Å². The van der Waals surface area contributed by atoms with Gasteiger partial charge in [-0.2, -0.15) is 0 Å². The zero-order valence-electron chi connectivity index (χ0n) is 7.51. The number of rotatable bonds is 5. The van der Waals surface area contributed by atoms with E-state index in [0.29, 0.717) is 6.04 Å². The summed E-state index contributed by atoms with van der Waals surface area (Å²) >= 11 is 0. The van der Waals surface area contributed by atoms with Crippen LogP contribution in [-0.2, 0) is 0 Å². The normalized spacial score (nSPS) is 23.2. The molecule has 2 N–H and O–H groups in total. The van der Waals surface area contributed by atoms with Crippen molar-refractivity contribution < 1.29 is 5.11 Å². The first-order chi connectivity index (χ1) is 5.24. The maximum atomic E-state index is 9.25. The van der Waals surface area contributed by atoms with Crippen LogP contribution in [0.2, 0.25) is 0 Å². The second kappa shape index (κ2) is 4.07. The smallest absolute Gasteiger partial charge is 0.0662 e. The highest BCUT2D eigenvalue weighted by molar-refractivity contribution is 4.83. The van der Waals surface area contributed by atoms with Crippen molar-refractivity contribution >= 4 is 0 Å². The van der Waals surface area contributed by atoms with Gasteiger partial charge in [-0.3, -0.25) is 0 Å². The van der Waals surface area contributed by atoms with Crippen LogP contribution < -0.4 is 5.32 Å². The number of aliphatic hydroxyl groups is 1. The molecule has 1 aliphatic carbocycles. The summed E-state index contributed by atoms with van der Waals surface area (Å²) < 4.78 is 0. The molecule has 0 saturated heterocycles. The van der Waals surface area contributed by atoms with Crippen LogP contribution in [0.25, 0.3) is 0 Å². The molecule has 0 bridgehead atoms. The Hall–Kier alpha value is -0.0800. The van der Waals surface area contributed by atoms with E-state index in [0.717, 1.165) is 18.9 Å². The highest BCUT2D eigenvalue weighted by atomic mass is 16.3. The van der Waals surface area contributed by atoms with Crippen LogP contribution >= 0.6 is 0 Å². The molecule has 0 spiro atoms. The van der Waals surface area contributed by atoms with Gasteiger partial charge in [-0.05, 0) is 32.1 Å². The average Bonchev–Trinajstić information content (AvgIpc) is 2.81. The van der Waals surface area contributed by atoms with E-state index in [4.69, 9.17) is 0 Å². The Kier molecular flexibility index (Phi) is 3.34. The predicted octanol–water partition coefficient (Wildman–Crippen LogP) is 1.15. The Morgan fingerprint density at radius 3 is 2.64 bits per heavy atom. The zero-order chi connectivity index (χ0) is 8.27. The minimum Gasteiger partial charge on any atom is -0.392 e. The molecule has 0 aromatic heterocycles. The third-order valence-electron chi connectivity index (χ3n) is 2.48.